The molecule has 3 aromatic rings. The lowest BCUT2D eigenvalue weighted by Gasteiger charge is -2.48. The molecular weight excluding hydrogens is 453 g/mol. The number of hydrogen-bond donors (Lipinski definition) is 2. The normalized spacial score (nSPS) is 17.3. The quantitative estimate of drug-likeness (QED) is 0.585. The van der Waals surface area contributed by atoms with E-state index in [0.29, 0.717) is 36.0 Å². The van der Waals surface area contributed by atoms with E-state index in [4.69, 9.17) is 0 Å². The minimum Gasteiger partial charge on any atom is -0.501 e. The number of fused-ring (bicyclic) bond motifs is 2. The highest BCUT2D eigenvalue weighted by atomic mass is 19.1. The molecule has 0 atom stereocenters. The number of aromatic nitrogens is 5. The summed E-state index contributed by atoms with van der Waals surface area (Å²) in [7, 11) is 2.02. The van der Waals surface area contributed by atoms with Crippen molar-refractivity contribution in [3.63, 3.8) is 0 Å². The van der Waals surface area contributed by atoms with Gasteiger partial charge >= 0.3 is 0 Å². The van der Waals surface area contributed by atoms with Crippen LogP contribution in [0.2, 0.25) is 0 Å². The molecule has 0 saturated heterocycles. The summed E-state index contributed by atoms with van der Waals surface area (Å²) in [5, 5.41) is 17.5. The number of halogens is 1. The van der Waals surface area contributed by atoms with Gasteiger partial charge in [-0.05, 0) is 44.5 Å². The largest absolute Gasteiger partial charge is 0.501 e. The first-order valence-electron chi connectivity index (χ1n) is 11.8. The monoisotopic (exact) mass is 481 g/mol. The van der Waals surface area contributed by atoms with E-state index in [9.17, 15) is 19.1 Å². The number of aromatic hydroxyl groups is 1. The van der Waals surface area contributed by atoms with Gasteiger partial charge in [0.2, 0.25) is 5.75 Å². The molecule has 3 heterocycles. The van der Waals surface area contributed by atoms with Crippen LogP contribution < -0.4 is 10.9 Å². The first-order chi connectivity index (χ1) is 16.8. The van der Waals surface area contributed by atoms with Crippen molar-refractivity contribution in [2.45, 2.75) is 57.7 Å². The first kappa shape index (κ1) is 23.2. The minimum absolute atomic E-state index is 0.0122. The number of nitrogens with one attached hydrogen (secondary N) is 1. The smallest absolute Gasteiger partial charge is 0.296 e. The standard InChI is InChI=1S/C24H28FN7O3/c1-15-27-14-28-32(15)18-12-17(25)7-6-16(18)13-26-21(34)19-20(33)22(35)31-11-10-30(2)24(23(31)29-19)8-4-3-5-9-24/h6-7,12,14,33H,3-5,8-11,13H2,1-2H3,(H,26,34). The van der Waals surface area contributed by atoms with E-state index < -0.39 is 28.6 Å². The van der Waals surface area contributed by atoms with Gasteiger partial charge in [0.25, 0.3) is 11.5 Å². The second-order valence-corrected chi connectivity index (χ2v) is 9.28. The van der Waals surface area contributed by atoms with Crippen LogP contribution in [0, 0.1) is 12.7 Å². The average molecular weight is 482 g/mol. The summed E-state index contributed by atoms with van der Waals surface area (Å²) in [4.78, 5) is 37.1. The zero-order chi connectivity index (χ0) is 24.7. The Morgan fingerprint density at radius 2 is 2.00 bits per heavy atom. The number of nitrogens with zero attached hydrogens (tertiary/aromatic N) is 6. The lowest BCUT2D eigenvalue weighted by atomic mass is 9.78. The molecule has 0 unspecified atom stereocenters. The molecule has 1 aliphatic carbocycles. The highest BCUT2D eigenvalue weighted by Gasteiger charge is 2.44. The van der Waals surface area contributed by atoms with E-state index in [0.717, 1.165) is 32.1 Å². The molecule has 2 N–H and O–H groups in total. The number of benzene rings is 1. The van der Waals surface area contributed by atoms with Gasteiger partial charge < -0.3 is 10.4 Å². The molecule has 1 amide bonds. The number of amides is 1. The summed E-state index contributed by atoms with van der Waals surface area (Å²) in [6, 6.07) is 4.15. The van der Waals surface area contributed by atoms with E-state index in [1.54, 1.807) is 13.0 Å². The van der Waals surface area contributed by atoms with Gasteiger partial charge in [-0.25, -0.2) is 19.0 Å². The van der Waals surface area contributed by atoms with Crippen LogP contribution in [0.5, 0.6) is 5.75 Å². The number of aryl methyl sites for hydroxylation is 1. The van der Waals surface area contributed by atoms with Gasteiger partial charge in [-0.3, -0.25) is 19.1 Å². The van der Waals surface area contributed by atoms with E-state index in [2.05, 4.69) is 25.3 Å². The van der Waals surface area contributed by atoms with Crippen LogP contribution in [0.15, 0.2) is 29.3 Å². The van der Waals surface area contributed by atoms with E-state index in [-0.39, 0.29) is 12.2 Å². The molecule has 1 aromatic carbocycles. The predicted octanol–water partition coefficient (Wildman–Crippen LogP) is 2.01. The molecule has 11 heteroatoms. The second kappa shape index (κ2) is 8.88. The number of carbonyl (C=O) groups excluding carboxylic acids is 1. The van der Waals surface area contributed by atoms with Crippen LogP contribution in [0.4, 0.5) is 4.39 Å². The fourth-order valence-electron chi connectivity index (χ4n) is 5.32. The summed E-state index contributed by atoms with van der Waals surface area (Å²) in [5.41, 5.74) is -0.287. The Morgan fingerprint density at radius 3 is 2.71 bits per heavy atom. The molecule has 0 bridgehead atoms. The Morgan fingerprint density at radius 1 is 1.23 bits per heavy atom. The van der Waals surface area contributed by atoms with Crippen LogP contribution in [0.1, 0.15) is 59.8 Å². The van der Waals surface area contributed by atoms with Crippen molar-refractivity contribution in [3.05, 3.63) is 63.6 Å². The third-order valence-electron chi connectivity index (χ3n) is 7.28. The van der Waals surface area contributed by atoms with Gasteiger partial charge in [0.1, 0.15) is 23.8 Å². The Kier molecular flexibility index (Phi) is 5.87. The van der Waals surface area contributed by atoms with Crippen molar-refractivity contribution in [1.82, 2.24) is 34.5 Å². The third kappa shape index (κ3) is 3.89. The van der Waals surface area contributed by atoms with E-state index in [1.807, 2.05) is 7.05 Å². The molecule has 184 valence electrons. The molecule has 10 nitrogen and oxygen atoms in total. The Bertz CT molecular complexity index is 1340. The molecule has 0 radical (unpaired) electrons. The molecule has 1 spiro atoms. The van der Waals surface area contributed by atoms with Crippen molar-refractivity contribution in [1.29, 1.82) is 0 Å². The summed E-state index contributed by atoms with van der Waals surface area (Å²) in [6.07, 6.45) is 6.20. The SMILES string of the molecule is Cc1ncnn1-c1cc(F)ccc1CNC(=O)c1nc2n(c(=O)c1O)CCN(C)C21CCCCC1. The van der Waals surface area contributed by atoms with Crippen LogP contribution in [0.3, 0.4) is 0 Å². The van der Waals surface area contributed by atoms with Gasteiger partial charge in [0.15, 0.2) is 5.69 Å². The zero-order valence-electron chi connectivity index (χ0n) is 19.8. The van der Waals surface area contributed by atoms with Gasteiger partial charge in [-0.2, -0.15) is 5.10 Å². The summed E-state index contributed by atoms with van der Waals surface area (Å²) >= 11 is 0. The van der Waals surface area contributed by atoms with Crippen LogP contribution >= 0.6 is 0 Å². The number of hydrogen-bond acceptors (Lipinski definition) is 7. The maximum absolute atomic E-state index is 14.0. The zero-order valence-corrected chi connectivity index (χ0v) is 19.8. The molecule has 5 rings (SSSR count). The summed E-state index contributed by atoms with van der Waals surface area (Å²) in [5.74, 6) is -0.679. The van der Waals surface area contributed by atoms with E-state index >= 15 is 0 Å². The molecule has 2 aromatic heterocycles. The number of carbonyl (C=O) groups is 1. The van der Waals surface area contributed by atoms with Crippen LogP contribution in [-0.2, 0) is 18.6 Å². The lowest BCUT2D eigenvalue weighted by Crippen LogP contribution is -2.55. The maximum Gasteiger partial charge on any atom is 0.296 e. The van der Waals surface area contributed by atoms with Crippen molar-refractivity contribution in [2.75, 3.05) is 13.6 Å². The van der Waals surface area contributed by atoms with Crippen LogP contribution in [0.25, 0.3) is 5.69 Å². The van der Waals surface area contributed by atoms with Gasteiger partial charge in [0.05, 0.1) is 11.2 Å². The Balaban J connectivity index is 1.48. The number of likely N-dealkylation sites (N-methyl/N-ethyl adjacent to an activating group) is 1. The average Bonchev–Trinajstić information content (AvgIpc) is 3.29. The van der Waals surface area contributed by atoms with Gasteiger partial charge in [0, 0.05) is 19.6 Å². The first-order valence-corrected chi connectivity index (χ1v) is 11.8. The van der Waals surface area contributed by atoms with Gasteiger partial charge in [-0.1, -0.05) is 25.3 Å². The molecule has 1 aliphatic heterocycles. The molecule has 2 aliphatic rings. The Hall–Kier alpha value is -3.60. The Labute approximate surface area is 201 Å². The summed E-state index contributed by atoms with van der Waals surface area (Å²) < 4.78 is 17.0. The van der Waals surface area contributed by atoms with Crippen LogP contribution in [-0.4, -0.2) is 53.8 Å². The van der Waals surface area contributed by atoms with Crippen molar-refractivity contribution >= 4 is 5.91 Å². The topological polar surface area (TPSA) is 118 Å². The van der Waals surface area contributed by atoms with Crippen molar-refractivity contribution < 1.29 is 14.3 Å². The fourth-order valence-corrected chi connectivity index (χ4v) is 5.32. The highest BCUT2D eigenvalue weighted by Crippen LogP contribution is 2.42. The molecule has 35 heavy (non-hydrogen) atoms. The predicted molar refractivity (Wildman–Crippen MR) is 125 cm³/mol. The maximum atomic E-state index is 14.0. The number of rotatable bonds is 4. The van der Waals surface area contributed by atoms with Crippen molar-refractivity contribution in [2.24, 2.45) is 0 Å². The molecule has 1 fully saturated rings. The second-order valence-electron chi connectivity index (χ2n) is 9.28. The lowest BCUT2D eigenvalue weighted by molar-refractivity contribution is 0.0333. The van der Waals surface area contributed by atoms with E-state index in [1.165, 1.54) is 27.7 Å². The fraction of sp³-hybridized carbons (Fsp3) is 0.458. The summed E-state index contributed by atoms with van der Waals surface area (Å²) in [6.45, 7) is 2.83. The van der Waals surface area contributed by atoms with Crippen molar-refractivity contribution in [3.8, 4) is 11.4 Å². The molecule has 1 saturated carbocycles. The molecular formula is C24H28FN7O3. The third-order valence-corrected chi connectivity index (χ3v) is 7.28. The highest BCUT2D eigenvalue weighted by molar-refractivity contribution is 5.94. The minimum atomic E-state index is -0.673. The van der Waals surface area contributed by atoms with Gasteiger partial charge in [-0.15, -0.1) is 0 Å².